The third-order valence-corrected chi connectivity index (χ3v) is 3.84. The Labute approximate surface area is 115 Å². The van der Waals surface area contributed by atoms with E-state index in [1.165, 1.54) is 0 Å². The Morgan fingerprint density at radius 2 is 2.00 bits per heavy atom. The molecule has 4 atom stereocenters. The van der Waals surface area contributed by atoms with Gasteiger partial charge in [0.05, 0.1) is 5.92 Å². The number of aliphatic carboxylic acids is 1. The predicted molar refractivity (Wildman–Crippen MR) is 74.0 cm³/mol. The molecule has 0 bridgehead atoms. The van der Waals surface area contributed by atoms with Gasteiger partial charge in [0, 0.05) is 12.1 Å². The molecule has 1 rings (SSSR count). The second-order valence-corrected chi connectivity index (χ2v) is 5.70. The highest BCUT2D eigenvalue weighted by Crippen LogP contribution is 2.32. The molecule has 110 valence electrons. The smallest absolute Gasteiger partial charge is 0.315 e. The number of rotatable bonds is 8. The summed E-state index contributed by atoms with van der Waals surface area (Å²) in [5.74, 6) is -0.409. The average molecular weight is 270 g/mol. The molecule has 0 aromatic heterocycles. The van der Waals surface area contributed by atoms with Crippen LogP contribution in [0.2, 0.25) is 0 Å². The molecule has 1 fully saturated rings. The molecule has 5 nitrogen and oxygen atoms in total. The number of nitrogens with one attached hydrogen (secondary N) is 2. The lowest BCUT2D eigenvalue weighted by atomic mass is 10.0. The molecule has 0 aromatic carbocycles. The number of amides is 2. The van der Waals surface area contributed by atoms with Gasteiger partial charge in [0.2, 0.25) is 0 Å². The maximum absolute atomic E-state index is 11.7. The fraction of sp³-hybridized carbons (Fsp3) is 0.857. The Morgan fingerprint density at radius 1 is 1.32 bits per heavy atom. The quantitative estimate of drug-likeness (QED) is 0.633. The number of carbonyl (C=O) groups is 2. The molecule has 1 aliphatic rings. The first-order chi connectivity index (χ1) is 8.93. The maximum Gasteiger partial charge on any atom is 0.315 e. The molecule has 1 aliphatic carbocycles. The molecule has 0 saturated heterocycles. The average Bonchev–Trinajstić information content (AvgIpc) is 3.06. The minimum atomic E-state index is -0.752. The summed E-state index contributed by atoms with van der Waals surface area (Å²) in [4.78, 5) is 22.3. The van der Waals surface area contributed by atoms with Crippen LogP contribution in [0, 0.1) is 11.8 Å². The largest absolute Gasteiger partial charge is 0.481 e. The van der Waals surface area contributed by atoms with Crippen molar-refractivity contribution in [3.63, 3.8) is 0 Å². The highest BCUT2D eigenvalue weighted by Gasteiger charge is 2.36. The third-order valence-electron chi connectivity index (χ3n) is 3.84. The van der Waals surface area contributed by atoms with Crippen LogP contribution >= 0.6 is 0 Å². The second kappa shape index (κ2) is 7.36. The van der Waals surface area contributed by atoms with Crippen molar-refractivity contribution in [2.45, 2.75) is 65.0 Å². The van der Waals surface area contributed by atoms with Crippen molar-refractivity contribution in [1.29, 1.82) is 0 Å². The van der Waals surface area contributed by atoms with E-state index in [4.69, 9.17) is 5.11 Å². The molecule has 0 aromatic rings. The van der Waals surface area contributed by atoms with Crippen LogP contribution in [0.15, 0.2) is 0 Å². The van der Waals surface area contributed by atoms with E-state index in [1.807, 2.05) is 6.92 Å². The second-order valence-electron chi connectivity index (χ2n) is 5.70. The summed E-state index contributed by atoms with van der Waals surface area (Å²) in [7, 11) is 0. The summed E-state index contributed by atoms with van der Waals surface area (Å²) in [6.07, 6.45) is 4.49. The van der Waals surface area contributed by atoms with Crippen molar-refractivity contribution in [1.82, 2.24) is 10.6 Å². The van der Waals surface area contributed by atoms with Gasteiger partial charge in [0.1, 0.15) is 0 Å². The molecule has 1 saturated carbocycles. The van der Waals surface area contributed by atoms with Gasteiger partial charge < -0.3 is 15.7 Å². The number of carboxylic acid groups (broad SMARTS) is 1. The van der Waals surface area contributed by atoms with E-state index in [-0.39, 0.29) is 18.0 Å². The van der Waals surface area contributed by atoms with E-state index in [1.54, 1.807) is 6.92 Å². The zero-order chi connectivity index (χ0) is 14.4. The van der Waals surface area contributed by atoms with Gasteiger partial charge in [-0.2, -0.15) is 0 Å². The van der Waals surface area contributed by atoms with Crippen molar-refractivity contribution in [3.8, 4) is 0 Å². The van der Waals surface area contributed by atoms with Gasteiger partial charge in [-0.15, -0.1) is 0 Å². The molecule has 3 N–H and O–H groups in total. The SMILES string of the molecule is CCC1CC1NC(=O)NC(C)CCCC(C)C(=O)O. The lowest BCUT2D eigenvalue weighted by molar-refractivity contribution is -0.141. The number of carboxylic acids is 1. The zero-order valence-electron chi connectivity index (χ0n) is 12.1. The van der Waals surface area contributed by atoms with E-state index < -0.39 is 5.97 Å². The van der Waals surface area contributed by atoms with Crippen LogP contribution in [-0.4, -0.2) is 29.2 Å². The summed E-state index contributed by atoms with van der Waals surface area (Å²) >= 11 is 0. The Balaban J connectivity index is 2.08. The topological polar surface area (TPSA) is 78.4 Å². The fourth-order valence-electron chi connectivity index (χ4n) is 2.24. The maximum atomic E-state index is 11.7. The Kier molecular flexibility index (Phi) is 6.12. The minimum absolute atomic E-state index is 0.0832. The third kappa shape index (κ3) is 5.94. The highest BCUT2D eigenvalue weighted by molar-refractivity contribution is 5.75. The fourth-order valence-corrected chi connectivity index (χ4v) is 2.24. The van der Waals surface area contributed by atoms with Crippen molar-refractivity contribution < 1.29 is 14.7 Å². The van der Waals surface area contributed by atoms with Gasteiger partial charge in [0.25, 0.3) is 0 Å². The van der Waals surface area contributed by atoms with Gasteiger partial charge >= 0.3 is 12.0 Å². The summed E-state index contributed by atoms with van der Waals surface area (Å²) in [6, 6.07) is 0.337. The van der Waals surface area contributed by atoms with Gasteiger partial charge in [-0.3, -0.25) is 4.79 Å². The number of hydrogen-bond donors (Lipinski definition) is 3. The molecule has 5 heteroatoms. The molecule has 0 radical (unpaired) electrons. The monoisotopic (exact) mass is 270 g/mol. The minimum Gasteiger partial charge on any atom is -0.481 e. The van der Waals surface area contributed by atoms with Crippen molar-refractivity contribution in [2.24, 2.45) is 11.8 Å². The number of urea groups is 1. The lowest BCUT2D eigenvalue weighted by Gasteiger charge is -2.15. The molecule has 2 amide bonds. The van der Waals surface area contributed by atoms with E-state index >= 15 is 0 Å². The Bertz CT molecular complexity index is 320. The van der Waals surface area contributed by atoms with Crippen molar-refractivity contribution in [3.05, 3.63) is 0 Å². The Hall–Kier alpha value is -1.26. The van der Waals surface area contributed by atoms with Crippen LogP contribution in [0.5, 0.6) is 0 Å². The first-order valence-electron chi connectivity index (χ1n) is 7.23. The summed E-state index contributed by atoms with van der Waals surface area (Å²) in [6.45, 7) is 5.80. The molecule has 0 spiro atoms. The van der Waals surface area contributed by atoms with Gasteiger partial charge in [-0.1, -0.05) is 26.7 Å². The van der Waals surface area contributed by atoms with Crippen LogP contribution in [0.3, 0.4) is 0 Å². The van der Waals surface area contributed by atoms with Crippen LogP contribution < -0.4 is 10.6 Å². The highest BCUT2D eigenvalue weighted by atomic mass is 16.4. The first kappa shape index (κ1) is 15.8. The van der Waals surface area contributed by atoms with Gasteiger partial charge in [-0.25, -0.2) is 4.79 Å². The first-order valence-corrected chi connectivity index (χ1v) is 7.23. The van der Waals surface area contributed by atoms with Crippen LogP contribution in [-0.2, 0) is 4.79 Å². The number of hydrogen-bond acceptors (Lipinski definition) is 2. The Morgan fingerprint density at radius 3 is 2.53 bits per heavy atom. The van der Waals surface area contributed by atoms with Crippen LogP contribution in [0.1, 0.15) is 52.9 Å². The summed E-state index contributed by atoms with van der Waals surface area (Å²) in [5, 5.41) is 14.6. The van der Waals surface area contributed by atoms with Crippen molar-refractivity contribution in [2.75, 3.05) is 0 Å². The van der Waals surface area contributed by atoms with Crippen LogP contribution in [0.4, 0.5) is 4.79 Å². The van der Waals surface area contributed by atoms with Gasteiger partial charge in [-0.05, 0) is 32.1 Å². The van der Waals surface area contributed by atoms with Crippen LogP contribution in [0.25, 0.3) is 0 Å². The van der Waals surface area contributed by atoms with E-state index in [9.17, 15) is 9.59 Å². The molecule has 0 aliphatic heterocycles. The summed E-state index contributed by atoms with van der Waals surface area (Å²) < 4.78 is 0. The molecule has 4 unspecified atom stereocenters. The standard InChI is InChI=1S/C14H26N2O3/c1-4-11-8-12(11)16-14(19)15-10(3)7-5-6-9(2)13(17)18/h9-12H,4-8H2,1-3H3,(H,17,18)(H2,15,16,19). The molecule has 0 heterocycles. The predicted octanol–water partition coefficient (Wildman–Crippen LogP) is 2.36. The number of carbonyl (C=O) groups excluding carboxylic acids is 1. The zero-order valence-corrected chi connectivity index (χ0v) is 12.1. The normalized spacial score (nSPS) is 24.4. The lowest BCUT2D eigenvalue weighted by Crippen LogP contribution is -2.42. The summed E-state index contributed by atoms with van der Waals surface area (Å²) in [5.41, 5.74) is 0. The van der Waals surface area contributed by atoms with E-state index in [0.29, 0.717) is 18.4 Å². The van der Waals surface area contributed by atoms with Gasteiger partial charge in [0.15, 0.2) is 0 Å². The molecular weight excluding hydrogens is 244 g/mol. The van der Waals surface area contributed by atoms with Crippen molar-refractivity contribution >= 4 is 12.0 Å². The van der Waals surface area contributed by atoms with E-state index in [2.05, 4.69) is 17.6 Å². The van der Waals surface area contributed by atoms with E-state index in [0.717, 1.165) is 25.7 Å². The molecular formula is C14H26N2O3. The molecule has 19 heavy (non-hydrogen) atoms.